The van der Waals surface area contributed by atoms with E-state index < -0.39 is 0 Å². The Morgan fingerprint density at radius 3 is 2.53 bits per heavy atom. The molecule has 30 heavy (non-hydrogen) atoms. The first-order chi connectivity index (χ1) is 14.4. The molecule has 0 bridgehead atoms. The van der Waals surface area contributed by atoms with Gasteiger partial charge in [-0.25, -0.2) is 0 Å². The number of benzene rings is 2. The molecule has 2 aliphatic heterocycles. The topological polar surface area (TPSA) is 49.9 Å². The Hall–Kier alpha value is -2.82. The lowest BCUT2D eigenvalue weighted by Gasteiger charge is -2.47. The number of aryl methyl sites for hydroxylation is 1. The fraction of sp³-hybridized carbons (Fsp3) is 0.440. The van der Waals surface area contributed by atoms with Crippen molar-refractivity contribution in [3.63, 3.8) is 0 Å². The molecule has 0 unspecified atom stereocenters. The van der Waals surface area contributed by atoms with Gasteiger partial charge in [-0.1, -0.05) is 35.9 Å². The summed E-state index contributed by atoms with van der Waals surface area (Å²) in [6.45, 7) is 3.34. The average molecular weight is 407 g/mol. The summed E-state index contributed by atoms with van der Waals surface area (Å²) in [5.41, 5.74) is 2.65. The van der Waals surface area contributed by atoms with E-state index in [4.69, 9.17) is 4.74 Å². The zero-order chi connectivity index (χ0) is 21.3. The Kier molecular flexibility index (Phi) is 5.54. The smallest absolute Gasteiger partial charge is 0.253 e. The quantitative estimate of drug-likeness (QED) is 0.774. The van der Waals surface area contributed by atoms with Crippen LogP contribution >= 0.6 is 0 Å². The number of carbonyl (C=O) groups excluding carboxylic acids is 2. The van der Waals surface area contributed by atoms with Crippen LogP contribution < -0.4 is 4.74 Å². The number of likely N-dealkylation sites (tertiary alicyclic amines) is 1. The van der Waals surface area contributed by atoms with Crippen LogP contribution in [0.4, 0.5) is 0 Å². The normalized spacial score (nSPS) is 19.7. The largest absolute Gasteiger partial charge is 0.487 e. The summed E-state index contributed by atoms with van der Waals surface area (Å²) in [6.07, 6.45) is 2.87. The van der Waals surface area contributed by atoms with Gasteiger partial charge >= 0.3 is 0 Å². The highest BCUT2D eigenvalue weighted by Gasteiger charge is 2.44. The molecule has 0 N–H and O–H groups in total. The number of hydrogen-bond acceptors (Lipinski definition) is 3. The van der Waals surface area contributed by atoms with E-state index >= 15 is 0 Å². The molecule has 1 fully saturated rings. The molecule has 2 heterocycles. The first-order valence-electron chi connectivity index (χ1n) is 10.7. The van der Waals surface area contributed by atoms with Crippen molar-refractivity contribution in [3.05, 3.63) is 65.2 Å². The maximum absolute atomic E-state index is 12.9. The summed E-state index contributed by atoms with van der Waals surface area (Å²) in [6, 6.07) is 15.8. The highest BCUT2D eigenvalue weighted by atomic mass is 16.5. The number of ether oxygens (including phenoxy) is 1. The lowest BCUT2D eigenvalue weighted by Crippen LogP contribution is -2.52. The highest BCUT2D eigenvalue weighted by Crippen LogP contribution is 2.46. The number of para-hydroxylation sites is 1. The van der Waals surface area contributed by atoms with Crippen molar-refractivity contribution in [3.8, 4) is 5.75 Å². The van der Waals surface area contributed by atoms with Gasteiger partial charge < -0.3 is 14.5 Å². The van der Waals surface area contributed by atoms with Gasteiger partial charge in [0.2, 0.25) is 5.91 Å². The minimum Gasteiger partial charge on any atom is -0.487 e. The molecule has 2 amide bonds. The molecule has 0 radical (unpaired) electrons. The third kappa shape index (κ3) is 4.07. The fourth-order valence-corrected chi connectivity index (χ4v) is 4.70. The van der Waals surface area contributed by atoms with E-state index in [1.54, 1.807) is 19.0 Å². The molecule has 5 nitrogen and oxygen atoms in total. The summed E-state index contributed by atoms with van der Waals surface area (Å²) >= 11 is 0. The van der Waals surface area contributed by atoms with Crippen molar-refractivity contribution in [2.24, 2.45) is 0 Å². The van der Waals surface area contributed by atoms with Crippen molar-refractivity contribution in [2.45, 2.75) is 44.1 Å². The van der Waals surface area contributed by atoms with Gasteiger partial charge in [0.05, 0.1) is 0 Å². The van der Waals surface area contributed by atoms with E-state index in [9.17, 15) is 9.59 Å². The molecule has 0 saturated carbocycles. The third-order valence-electron chi connectivity index (χ3n) is 6.45. The fourth-order valence-electron chi connectivity index (χ4n) is 4.70. The summed E-state index contributed by atoms with van der Waals surface area (Å²) in [4.78, 5) is 29.0. The van der Waals surface area contributed by atoms with E-state index in [0.717, 1.165) is 41.7 Å². The zero-order valence-electron chi connectivity index (χ0n) is 18.1. The first-order valence-corrected chi connectivity index (χ1v) is 10.7. The minimum absolute atomic E-state index is 0.0871. The molecule has 2 aliphatic rings. The van der Waals surface area contributed by atoms with Gasteiger partial charge in [0.15, 0.2) is 0 Å². The standard InChI is InChI=1S/C25H30N2O3/c1-18-7-6-8-19(15-18)24(29)27-13-11-25(12-14-27)17-20(16-23(28)26(2)3)21-9-4-5-10-22(21)30-25/h4-10,15,20H,11-14,16-17H2,1-3H3/t20-/m1/s1. The summed E-state index contributed by atoms with van der Waals surface area (Å²) in [5, 5.41) is 0. The molecule has 0 aliphatic carbocycles. The number of piperidine rings is 1. The Labute approximate surface area is 178 Å². The number of rotatable bonds is 3. The van der Waals surface area contributed by atoms with Crippen molar-refractivity contribution < 1.29 is 14.3 Å². The summed E-state index contributed by atoms with van der Waals surface area (Å²) < 4.78 is 6.52. The molecule has 2 aromatic rings. The number of amides is 2. The molecule has 1 spiro atoms. The van der Waals surface area contributed by atoms with Crippen LogP contribution in [-0.4, -0.2) is 54.4 Å². The lowest BCUT2D eigenvalue weighted by molar-refractivity contribution is -0.129. The van der Waals surface area contributed by atoms with Crippen LogP contribution in [0.2, 0.25) is 0 Å². The second kappa shape index (κ2) is 8.13. The Morgan fingerprint density at radius 2 is 1.83 bits per heavy atom. The molecule has 2 aromatic carbocycles. The number of hydrogen-bond donors (Lipinski definition) is 0. The maximum Gasteiger partial charge on any atom is 0.253 e. The highest BCUT2D eigenvalue weighted by molar-refractivity contribution is 5.94. The van der Waals surface area contributed by atoms with Gasteiger partial charge in [0.25, 0.3) is 5.91 Å². The van der Waals surface area contributed by atoms with Crippen LogP contribution in [0.15, 0.2) is 48.5 Å². The van der Waals surface area contributed by atoms with Crippen molar-refractivity contribution in [1.82, 2.24) is 9.80 Å². The van der Waals surface area contributed by atoms with E-state index in [0.29, 0.717) is 19.5 Å². The number of carbonyl (C=O) groups is 2. The predicted molar refractivity (Wildman–Crippen MR) is 117 cm³/mol. The predicted octanol–water partition coefficient (Wildman–Crippen LogP) is 4.01. The van der Waals surface area contributed by atoms with Gasteiger partial charge in [0.1, 0.15) is 11.4 Å². The Morgan fingerprint density at radius 1 is 1.10 bits per heavy atom. The van der Waals surface area contributed by atoms with E-state index in [1.807, 2.05) is 54.3 Å². The van der Waals surface area contributed by atoms with Crippen LogP contribution in [0.1, 0.15) is 53.1 Å². The van der Waals surface area contributed by atoms with Crippen molar-refractivity contribution in [1.29, 1.82) is 0 Å². The zero-order valence-corrected chi connectivity index (χ0v) is 18.1. The summed E-state index contributed by atoms with van der Waals surface area (Å²) in [7, 11) is 3.61. The van der Waals surface area contributed by atoms with Gasteiger partial charge in [-0.3, -0.25) is 9.59 Å². The van der Waals surface area contributed by atoms with Crippen LogP contribution in [0.3, 0.4) is 0 Å². The van der Waals surface area contributed by atoms with E-state index in [-0.39, 0.29) is 23.3 Å². The van der Waals surface area contributed by atoms with Gasteiger partial charge in [-0.05, 0) is 37.1 Å². The van der Waals surface area contributed by atoms with Crippen LogP contribution in [0, 0.1) is 6.92 Å². The molecule has 5 heteroatoms. The average Bonchev–Trinajstić information content (AvgIpc) is 2.73. The van der Waals surface area contributed by atoms with E-state index in [2.05, 4.69) is 6.07 Å². The lowest BCUT2D eigenvalue weighted by atomic mass is 9.76. The molecule has 1 atom stereocenters. The monoisotopic (exact) mass is 406 g/mol. The van der Waals surface area contributed by atoms with E-state index in [1.165, 1.54) is 0 Å². The number of fused-ring (bicyclic) bond motifs is 1. The molecule has 0 aromatic heterocycles. The van der Waals surface area contributed by atoms with Gasteiger partial charge in [-0.15, -0.1) is 0 Å². The molecule has 4 rings (SSSR count). The third-order valence-corrected chi connectivity index (χ3v) is 6.45. The van der Waals surface area contributed by atoms with Crippen LogP contribution in [0.25, 0.3) is 0 Å². The van der Waals surface area contributed by atoms with Gasteiger partial charge in [0, 0.05) is 57.9 Å². The first kappa shape index (κ1) is 20.5. The molecular weight excluding hydrogens is 376 g/mol. The maximum atomic E-state index is 12.9. The minimum atomic E-state index is -0.311. The Bertz CT molecular complexity index is 945. The Balaban J connectivity index is 1.50. The van der Waals surface area contributed by atoms with Crippen LogP contribution in [-0.2, 0) is 4.79 Å². The van der Waals surface area contributed by atoms with Crippen molar-refractivity contribution >= 4 is 11.8 Å². The SMILES string of the molecule is Cc1cccc(C(=O)N2CCC3(CC2)C[C@@H](CC(=O)N(C)C)c2ccccc2O3)c1. The second-order valence-corrected chi connectivity index (χ2v) is 8.88. The number of nitrogens with zero attached hydrogens (tertiary/aromatic N) is 2. The second-order valence-electron chi connectivity index (χ2n) is 8.88. The van der Waals surface area contributed by atoms with Crippen LogP contribution in [0.5, 0.6) is 5.75 Å². The molecular formula is C25H30N2O3. The van der Waals surface area contributed by atoms with Gasteiger partial charge in [-0.2, -0.15) is 0 Å². The summed E-state index contributed by atoms with van der Waals surface area (Å²) in [5.74, 6) is 1.26. The molecule has 1 saturated heterocycles. The van der Waals surface area contributed by atoms with Crippen molar-refractivity contribution in [2.75, 3.05) is 27.2 Å². The molecule has 158 valence electrons.